The first-order valence-electron chi connectivity index (χ1n) is 13.0. The van der Waals surface area contributed by atoms with Crippen molar-refractivity contribution < 1.29 is 4.39 Å². The van der Waals surface area contributed by atoms with Gasteiger partial charge in [0, 0.05) is 24.4 Å². The lowest BCUT2D eigenvalue weighted by atomic mass is 9.88. The van der Waals surface area contributed by atoms with Crippen molar-refractivity contribution in [1.82, 2.24) is 0 Å². The van der Waals surface area contributed by atoms with Crippen molar-refractivity contribution in [3.8, 4) is 6.07 Å². The van der Waals surface area contributed by atoms with Crippen molar-refractivity contribution in [2.45, 2.75) is 52.9 Å². The number of aryl methyl sites for hydroxylation is 3. The highest BCUT2D eigenvalue weighted by Crippen LogP contribution is 2.34. The predicted octanol–water partition coefficient (Wildman–Crippen LogP) is 7.67. The molecule has 0 atom stereocenters. The molecule has 0 spiro atoms. The molecule has 1 N–H and O–H groups in total. The monoisotopic (exact) mass is 481 g/mol. The van der Waals surface area contributed by atoms with Crippen molar-refractivity contribution in [3.63, 3.8) is 0 Å². The quantitative estimate of drug-likeness (QED) is 0.359. The average Bonchev–Trinajstić information content (AvgIpc) is 2.90. The first-order chi connectivity index (χ1) is 17.4. The van der Waals surface area contributed by atoms with Crippen molar-refractivity contribution >= 4 is 17.1 Å². The number of nitrogens with zero attached hydrogens (tertiary/aromatic N) is 2. The molecule has 186 valence electrons. The van der Waals surface area contributed by atoms with Crippen LogP contribution in [0.15, 0.2) is 61.2 Å². The van der Waals surface area contributed by atoms with Gasteiger partial charge in [0.1, 0.15) is 5.82 Å². The Bertz CT molecular complexity index is 1280. The topological polar surface area (TPSA) is 39.1 Å². The van der Waals surface area contributed by atoms with Crippen LogP contribution < -0.4 is 10.2 Å². The van der Waals surface area contributed by atoms with Crippen LogP contribution in [0.5, 0.6) is 0 Å². The summed E-state index contributed by atoms with van der Waals surface area (Å²) >= 11 is 0. The largest absolute Gasteiger partial charge is 0.370 e. The maximum atomic E-state index is 13.5. The molecule has 1 aliphatic heterocycles. The van der Waals surface area contributed by atoms with E-state index in [9.17, 15) is 9.65 Å². The summed E-state index contributed by atoms with van der Waals surface area (Å²) in [6.45, 7) is 12.6. The van der Waals surface area contributed by atoms with Crippen LogP contribution in [-0.2, 0) is 19.3 Å². The number of halogens is 1. The molecular weight excluding hydrogens is 445 g/mol. The van der Waals surface area contributed by atoms with E-state index in [1.165, 1.54) is 16.7 Å². The molecule has 0 radical (unpaired) electrons. The van der Waals surface area contributed by atoms with Gasteiger partial charge in [0.05, 0.1) is 23.0 Å². The summed E-state index contributed by atoms with van der Waals surface area (Å²) in [6.07, 6.45) is 5.06. The molecule has 4 heteroatoms. The summed E-state index contributed by atoms with van der Waals surface area (Å²) in [7, 11) is 0. The molecule has 36 heavy (non-hydrogen) atoms. The van der Waals surface area contributed by atoms with E-state index in [0.29, 0.717) is 11.5 Å². The van der Waals surface area contributed by atoms with Crippen LogP contribution in [0.2, 0.25) is 0 Å². The second kappa shape index (κ2) is 11.4. The number of nitrogens with one attached hydrogen (secondary N) is 1. The number of hydrogen-bond acceptors (Lipinski definition) is 3. The Kier molecular flexibility index (Phi) is 8.10. The van der Waals surface area contributed by atoms with Crippen molar-refractivity contribution in [2.75, 3.05) is 23.3 Å². The summed E-state index contributed by atoms with van der Waals surface area (Å²) in [5.74, 6) is 0.417. The zero-order valence-corrected chi connectivity index (χ0v) is 21.7. The standard InChI is InChI=1S/C32H36FN3/c1-5-24-7-9-27(6-2)30(19-24)23(4)35-31-20-26(21-34)8-12-32(31)36-15-13-25(14-16-36)18-28-10-11-29(33)17-22(28)3/h7-12,17,19-20,25,35H,4-6,13-16,18H2,1-3H3. The number of anilines is 2. The van der Waals surface area contributed by atoms with Gasteiger partial charge in [0.15, 0.2) is 0 Å². The van der Waals surface area contributed by atoms with Gasteiger partial charge in [-0.2, -0.15) is 5.26 Å². The average molecular weight is 482 g/mol. The molecule has 1 fully saturated rings. The molecule has 0 unspecified atom stereocenters. The Labute approximate surface area is 215 Å². The van der Waals surface area contributed by atoms with Crippen LogP contribution in [0.1, 0.15) is 60.1 Å². The van der Waals surface area contributed by atoms with E-state index < -0.39 is 0 Å². The van der Waals surface area contributed by atoms with Gasteiger partial charge in [-0.05, 0) is 104 Å². The number of benzene rings is 3. The van der Waals surface area contributed by atoms with Gasteiger partial charge in [-0.1, -0.05) is 38.6 Å². The van der Waals surface area contributed by atoms with Crippen LogP contribution in [0.4, 0.5) is 15.8 Å². The first-order valence-corrected chi connectivity index (χ1v) is 13.0. The maximum Gasteiger partial charge on any atom is 0.123 e. The molecular formula is C32H36FN3. The van der Waals surface area contributed by atoms with E-state index in [4.69, 9.17) is 0 Å². The van der Waals surface area contributed by atoms with Crippen molar-refractivity contribution in [1.29, 1.82) is 5.26 Å². The van der Waals surface area contributed by atoms with Gasteiger partial charge >= 0.3 is 0 Å². The smallest absolute Gasteiger partial charge is 0.123 e. The molecule has 3 aromatic rings. The van der Waals surface area contributed by atoms with Crippen LogP contribution in [-0.4, -0.2) is 13.1 Å². The number of nitriles is 1. The number of piperidine rings is 1. The van der Waals surface area contributed by atoms with Gasteiger partial charge in [0.25, 0.3) is 0 Å². The highest BCUT2D eigenvalue weighted by molar-refractivity contribution is 5.84. The number of rotatable bonds is 8. The zero-order chi connectivity index (χ0) is 25.7. The molecule has 0 saturated carbocycles. The van der Waals surface area contributed by atoms with Crippen LogP contribution in [0, 0.1) is 30.0 Å². The lowest BCUT2D eigenvalue weighted by Crippen LogP contribution is -2.34. The Morgan fingerprint density at radius 1 is 1.03 bits per heavy atom. The van der Waals surface area contributed by atoms with Gasteiger partial charge in [-0.3, -0.25) is 0 Å². The molecule has 0 aliphatic carbocycles. The Morgan fingerprint density at radius 3 is 2.44 bits per heavy atom. The second-order valence-electron chi connectivity index (χ2n) is 9.85. The molecule has 0 bridgehead atoms. The van der Waals surface area contributed by atoms with Gasteiger partial charge < -0.3 is 10.2 Å². The third-order valence-electron chi connectivity index (χ3n) is 7.47. The Balaban J connectivity index is 1.51. The van der Waals surface area contributed by atoms with Gasteiger partial charge in [-0.25, -0.2) is 4.39 Å². The molecule has 0 aromatic heterocycles. The van der Waals surface area contributed by atoms with E-state index in [1.807, 2.05) is 25.1 Å². The maximum absolute atomic E-state index is 13.5. The fourth-order valence-corrected chi connectivity index (χ4v) is 5.22. The SMILES string of the molecule is C=C(Nc1cc(C#N)ccc1N1CCC(Cc2ccc(F)cc2C)CC1)c1cc(CC)ccc1CC. The Morgan fingerprint density at radius 2 is 1.78 bits per heavy atom. The van der Waals surface area contributed by atoms with E-state index in [2.05, 4.69) is 61.0 Å². The van der Waals surface area contributed by atoms with E-state index in [-0.39, 0.29) is 5.82 Å². The molecule has 3 nitrogen and oxygen atoms in total. The van der Waals surface area contributed by atoms with Crippen molar-refractivity contribution in [3.05, 3.63) is 100 Å². The fraction of sp³-hybridized carbons (Fsp3) is 0.344. The predicted molar refractivity (Wildman–Crippen MR) is 149 cm³/mol. The summed E-state index contributed by atoms with van der Waals surface area (Å²) in [5, 5.41) is 13.1. The Hall–Kier alpha value is -3.58. The highest BCUT2D eigenvalue weighted by atomic mass is 19.1. The fourth-order valence-electron chi connectivity index (χ4n) is 5.22. The van der Waals surface area contributed by atoms with Gasteiger partial charge in [-0.15, -0.1) is 0 Å². The third kappa shape index (κ3) is 5.79. The summed E-state index contributed by atoms with van der Waals surface area (Å²) in [4.78, 5) is 2.41. The van der Waals surface area contributed by atoms with Crippen LogP contribution >= 0.6 is 0 Å². The minimum absolute atomic E-state index is 0.166. The van der Waals surface area contributed by atoms with E-state index >= 15 is 0 Å². The molecule has 0 amide bonds. The zero-order valence-electron chi connectivity index (χ0n) is 21.7. The molecule has 1 saturated heterocycles. The van der Waals surface area contributed by atoms with Crippen LogP contribution in [0.25, 0.3) is 5.70 Å². The lowest BCUT2D eigenvalue weighted by molar-refractivity contribution is 0.403. The van der Waals surface area contributed by atoms with Crippen LogP contribution in [0.3, 0.4) is 0 Å². The third-order valence-corrected chi connectivity index (χ3v) is 7.47. The summed E-state index contributed by atoms with van der Waals surface area (Å²) in [5.41, 5.74) is 9.50. The number of hydrogen-bond donors (Lipinski definition) is 1. The normalized spacial score (nSPS) is 13.9. The minimum atomic E-state index is -0.166. The molecule has 3 aromatic carbocycles. The van der Waals surface area contributed by atoms with Crippen molar-refractivity contribution in [2.24, 2.45) is 5.92 Å². The van der Waals surface area contributed by atoms with Gasteiger partial charge in [0.2, 0.25) is 0 Å². The van der Waals surface area contributed by atoms with E-state index in [0.717, 1.165) is 73.4 Å². The minimum Gasteiger partial charge on any atom is -0.370 e. The highest BCUT2D eigenvalue weighted by Gasteiger charge is 2.22. The summed E-state index contributed by atoms with van der Waals surface area (Å²) in [6, 6.07) is 19.9. The lowest BCUT2D eigenvalue weighted by Gasteiger charge is -2.35. The molecule has 1 aliphatic rings. The summed E-state index contributed by atoms with van der Waals surface area (Å²) < 4.78 is 13.5. The first kappa shape index (κ1) is 25.5. The molecule has 4 rings (SSSR count). The van der Waals surface area contributed by atoms with E-state index in [1.54, 1.807) is 12.1 Å². The molecule has 1 heterocycles. The second-order valence-corrected chi connectivity index (χ2v) is 9.85.